The van der Waals surface area contributed by atoms with Crippen molar-refractivity contribution in [2.24, 2.45) is 5.92 Å². The maximum absolute atomic E-state index is 12.0. The Bertz CT molecular complexity index is 711. The molecule has 3 rings (SSSR count). The molecule has 1 aliphatic carbocycles. The smallest absolute Gasteiger partial charge is 0.306 e. The number of carbonyl (C=O) groups excluding carboxylic acids is 1. The molecule has 0 bridgehead atoms. The Morgan fingerprint density at radius 3 is 2.75 bits per heavy atom. The summed E-state index contributed by atoms with van der Waals surface area (Å²) in [6, 6.07) is 9.63. The molecule has 0 aliphatic heterocycles. The van der Waals surface area contributed by atoms with E-state index < -0.39 is 5.97 Å². The third-order valence-corrected chi connectivity index (χ3v) is 4.32. The number of rotatable bonds is 6. The molecule has 2 aromatic rings. The van der Waals surface area contributed by atoms with Crippen LogP contribution in [0.4, 0.5) is 0 Å². The predicted octanol–water partition coefficient (Wildman–Crippen LogP) is 2.64. The monoisotopic (exact) mass is 328 g/mol. The third-order valence-electron chi connectivity index (χ3n) is 4.32. The van der Waals surface area contributed by atoms with Gasteiger partial charge in [-0.3, -0.25) is 9.59 Å². The van der Waals surface area contributed by atoms with Crippen LogP contribution in [0.1, 0.15) is 31.6 Å². The summed E-state index contributed by atoms with van der Waals surface area (Å²) >= 11 is 0. The molecule has 2 atom stereocenters. The van der Waals surface area contributed by atoms with E-state index in [1.807, 2.05) is 30.3 Å². The maximum atomic E-state index is 12.0. The second-order valence-corrected chi connectivity index (χ2v) is 6.10. The van der Waals surface area contributed by atoms with Crippen molar-refractivity contribution in [3.05, 3.63) is 42.4 Å². The van der Waals surface area contributed by atoms with Crippen LogP contribution >= 0.6 is 0 Å². The van der Waals surface area contributed by atoms with Crippen LogP contribution in [0.2, 0.25) is 0 Å². The largest absolute Gasteiger partial charge is 0.481 e. The summed E-state index contributed by atoms with van der Waals surface area (Å²) in [5.41, 5.74) is 0.950. The first-order chi connectivity index (χ1) is 11.6. The van der Waals surface area contributed by atoms with E-state index in [1.54, 1.807) is 6.20 Å². The summed E-state index contributed by atoms with van der Waals surface area (Å²) in [5.74, 6) is 0.00545. The van der Waals surface area contributed by atoms with Gasteiger partial charge in [0, 0.05) is 24.4 Å². The topological polar surface area (TPSA) is 92.4 Å². The van der Waals surface area contributed by atoms with Gasteiger partial charge in [0.1, 0.15) is 0 Å². The third kappa shape index (κ3) is 4.01. The van der Waals surface area contributed by atoms with E-state index in [-0.39, 0.29) is 24.3 Å². The Kier molecular flexibility index (Phi) is 4.93. The molecule has 0 spiro atoms. The van der Waals surface area contributed by atoms with Crippen LogP contribution in [0.3, 0.4) is 0 Å². The lowest BCUT2D eigenvalue weighted by molar-refractivity contribution is -0.141. The molecular weight excluding hydrogens is 308 g/mol. The zero-order chi connectivity index (χ0) is 16.9. The average Bonchev–Trinajstić information content (AvgIpc) is 3.23. The molecule has 1 fully saturated rings. The standard InChI is InChI=1S/C18H20N2O4/c21-16(20-14-7-6-13(10-14)18(22)23)8-9-17-19-11-15(24-17)12-4-2-1-3-5-12/h1-5,11,13-14H,6-10H2,(H,20,21)(H,22,23)/t13-,14+/m0/s1. The minimum atomic E-state index is -0.778. The second kappa shape index (κ2) is 7.29. The summed E-state index contributed by atoms with van der Waals surface area (Å²) in [7, 11) is 0. The minimum Gasteiger partial charge on any atom is -0.481 e. The van der Waals surface area contributed by atoms with Gasteiger partial charge < -0.3 is 14.8 Å². The van der Waals surface area contributed by atoms with Gasteiger partial charge in [-0.2, -0.15) is 0 Å². The average molecular weight is 328 g/mol. The molecule has 24 heavy (non-hydrogen) atoms. The van der Waals surface area contributed by atoms with Crippen molar-refractivity contribution < 1.29 is 19.1 Å². The van der Waals surface area contributed by atoms with Gasteiger partial charge in [0.05, 0.1) is 12.1 Å². The van der Waals surface area contributed by atoms with Crippen LogP contribution < -0.4 is 5.32 Å². The highest BCUT2D eigenvalue weighted by atomic mass is 16.4. The molecule has 6 heteroatoms. The first-order valence-electron chi connectivity index (χ1n) is 8.14. The number of nitrogens with one attached hydrogen (secondary N) is 1. The number of nitrogens with zero attached hydrogens (tertiary/aromatic N) is 1. The molecule has 0 radical (unpaired) electrons. The number of carboxylic acids is 1. The molecule has 1 saturated carbocycles. The fourth-order valence-corrected chi connectivity index (χ4v) is 3.02. The Morgan fingerprint density at radius 1 is 1.25 bits per heavy atom. The maximum Gasteiger partial charge on any atom is 0.306 e. The fourth-order valence-electron chi connectivity index (χ4n) is 3.02. The van der Waals surface area contributed by atoms with Crippen LogP contribution in [0, 0.1) is 5.92 Å². The van der Waals surface area contributed by atoms with Gasteiger partial charge in [-0.15, -0.1) is 0 Å². The SMILES string of the molecule is O=C(CCc1ncc(-c2ccccc2)o1)N[C@@H]1CC[C@H](C(=O)O)C1. The molecule has 2 N–H and O–H groups in total. The molecule has 1 amide bonds. The van der Waals surface area contributed by atoms with Crippen molar-refractivity contribution in [3.63, 3.8) is 0 Å². The van der Waals surface area contributed by atoms with Gasteiger partial charge in [0.25, 0.3) is 0 Å². The van der Waals surface area contributed by atoms with E-state index in [0.717, 1.165) is 12.0 Å². The van der Waals surface area contributed by atoms with Crippen LogP contribution in [-0.4, -0.2) is 28.0 Å². The Balaban J connectivity index is 1.47. The van der Waals surface area contributed by atoms with Crippen molar-refractivity contribution in [2.75, 3.05) is 0 Å². The van der Waals surface area contributed by atoms with E-state index in [0.29, 0.717) is 30.9 Å². The number of hydrogen-bond acceptors (Lipinski definition) is 4. The summed E-state index contributed by atoms with van der Waals surface area (Å²) < 4.78 is 5.67. The van der Waals surface area contributed by atoms with Gasteiger partial charge >= 0.3 is 5.97 Å². The first-order valence-corrected chi connectivity index (χ1v) is 8.14. The number of aromatic nitrogens is 1. The van der Waals surface area contributed by atoms with E-state index in [4.69, 9.17) is 9.52 Å². The van der Waals surface area contributed by atoms with Crippen molar-refractivity contribution in [1.29, 1.82) is 0 Å². The van der Waals surface area contributed by atoms with Gasteiger partial charge in [0.2, 0.25) is 5.91 Å². The van der Waals surface area contributed by atoms with Gasteiger partial charge in [-0.05, 0) is 19.3 Å². The molecule has 1 aromatic carbocycles. The first kappa shape index (κ1) is 16.2. The fraction of sp³-hybridized carbons (Fsp3) is 0.389. The lowest BCUT2D eigenvalue weighted by atomic mass is 10.1. The van der Waals surface area contributed by atoms with Gasteiger partial charge in [0.15, 0.2) is 11.7 Å². The molecule has 0 unspecified atom stereocenters. The molecule has 1 aromatic heterocycles. The highest BCUT2D eigenvalue weighted by Gasteiger charge is 2.30. The highest BCUT2D eigenvalue weighted by molar-refractivity contribution is 5.77. The summed E-state index contributed by atoms with van der Waals surface area (Å²) in [6.45, 7) is 0. The van der Waals surface area contributed by atoms with Gasteiger partial charge in [-0.1, -0.05) is 30.3 Å². The number of aryl methyl sites for hydroxylation is 1. The number of carbonyl (C=O) groups is 2. The molecule has 126 valence electrons. The molecule has 1 heterocycles. The van der Waals surface area contributed by atoms with Crippen molar-refractivity contribution in [3.8, 4) is 11.3 Å². The van der Waals surface area contributed by atoms with Crippen LogP contribution in [0.5, 0.6) is 0 Å². The quantitative estimate of drug-likeness (QED) is 0.850. The van der Waals surface area contributed by atoms with E-state index >= 15 is 0 Å². The van der Waals surface area contributed by atoms with Crippen molar-refractivity contribution in [1.82, 2.24) is 10.3 Å². The number of oxazole rings is 1. The second-order valence-electron chi connectivity index (χ2n) is 6.10. The lowest BCUT2D eigenvalue weighted by Gasteiger charge is -2.11. The number of benzene rings is 1. The zero-order valence-electron chi connectivity index (χ0n) is 13.3. The lowest BCUT2D eigenvalue weighted by Crippen LogP contribution is -2.33. The summed E-state index contributed by atoms with van der Waals surface area (Å²) in [6.07, 6.45) is 4.23. The molecular formula is C18H20N2O4. The van der Waals surface area contributed by atoms with Crippen molar-refractivity contribution >= 4 is 11.9 Å². The predicted molar refractivity (Wildman–Crippen MR) is 87.2 cm³/mol. The number of carboxylic acid groups (broad SMARTS) is 1. The molecule has 6 nitrogen and oxygen atoms in total. The summed E-state index contributed by atoms with van der Waals surface area (Å²) in [5, 5.41) is 11.9. The number of hydrogen-bond donors (Lipinski definition) is 2. The zero-order valence-corrected chi connectivity index (χ0v) is 13.3. The Morgan fingerprint density at radius 2 is 2.04 bits per heavy atom. The van der Waals surface area contributed by atoms with E-state index in [1.165, 1.54) is 0 Å². The van der Waals surface area contributed by atoms with E-state index in [9.17, 15) is 9.59 Å². The minimum absolute atomic E-state index is 0.0389. The van der Waals surface area contributed by atoms with E-state index in [2.05, 4.69) is 10.3 Å². The van der Waals surface area contributed by atoms with Crippen molar-refractivity contribution in [2.45, 2.75) is 38.1 Å². The van der Waals surface area contributed by atoms with Crippen LogP contribution in [-0.2, 0) is 16.0 Å². The highest BCUT2D eigenvalue weighted by Crippen LogP contribution is 2.26. The Labute approximate surface area is 139 Å². The summed E-state index contributed by atoms with van der Waals surface area (Å²) in [4.78, 5) is 27.1. The molecule has 1 aliphatic rings. The Hall–Kier alpha value is -2.63. The van der Waals surface area contributed by atoms with Gasteiger partial charge in [-0.25, -0.2) is 4.98 Å². The molecule has 0 saturated heterocycles. The number of aliphatic carboxylic acids is 1. The van der Waals surface area contributed by atoms with Crippen LogP contribution in [0.25, 0.3) is 11.3 Å². The van der Waals surface area contributed by atoms with Crippen LogP contribution in [0.15, 0.2) is 40.9 Å². The normalized spacial score (nSPS) is 20.0. The number of amides is 1.